The number of fused-ring (bicyclic) bond motifs is 3. The number of hydrogen-bond donors (Lipinski definition) is 1. The van der Waals surface area contributed by atoms with Gasteiger partial charge >= 0.3 is 0 Å². The van der Waals surface area contributed by atoms with Gasteiger partial charge in [0.1, 0.15) is 17.5 Å². The van der Waals surface area contributed by atoms with Crippen molar-refractivity contribution in [3.05, 3.63) is 92.4 Å². The van der Waals surface area contributed by atoms with Crippen LogP contribution in [0.25, 0.3) is 21.8 Å². The minimum Gasteiger partial charge on any atom is -0.354 e. The first-order valence-electron chi connectivity index (χ1n) is 9.84. The Morgan fingerprint density at radius 3 is 2.52 bits per heavy atom. The molecule has 2 heterocycles. The van der Waals surface area contributed by atoms with Gasteiger partial charge in [-0.25, -0.2) is 13.2 Å². The van der Waals surface area contributed by atoms with Gasteiger partial charge in [0.15, 0.2) is 5.43 Å². The van der Waals surface area contributed by atoms with Gasteiger partial charge in [-0.15, -0.1) is 0 Å². The Kier molecular flexibility index (Phi) is 4.36. The highest BCUT2D eigenvalue weighted by molar-refractivity contribution is 6.07. The third kappa shape index (κ3) is 3.17. The lowest BCUT2D eigenvalue weighted by atomic mass is 9.94. The van der Waals surface area contributed by atoms with E-state index in [9.17, 15) is 22.8 Å². The maximum atomic E-state index is 14.4. The molecule has 31 heavy (non-hydrogen) atoms. The summed E-state index contributed by atoms with van der Waals surface area (Å²) < 4.78 is 41.7. The molecule has 0 aliphatic carbocycles. The molecule has 156 valence electrons. The molecule has 3 aromatic carbocycles. The van der Waals surface area contributed by atoms with Crippen LogP contribution in [0.15, 0.2) is 47.3 Å². The van der Waals surface area contributed by atoms with Crippen LogP contribution in [-0.4, -0.2) is 22.3 Å². The van der Waals surface area contributed by atoms with E-state index in [0.29, 0.717) is 18.5 Å². The molecule has 1 aliphatic heterocycles. The van der Waals surface area contributed by atoms with Crippen LogP contribution in [0.3, 0.4) is 0 Å². The third-order valence-electron chi connectivity index (χ3n) is 5.88. The summed E-state index contributed by atoms with van der Waals surface area (Å²) in [4.78, 5) is 30.8. The number of halogens is 3. The van der Waals surface area contributed by atoms with Gasteiger partial charge in [-0.1, -0.05) is 0 Å². The number of nitrogens with zero attached hydrogens (tertiary/aromatic N) is 1. The van der Waals surface area contributed by atoms with Gasteiger partial charge in [0.25, 0.3) is 5.91 Å². The number of carbonyl (C=O) groups excluding carboxylic acids is 1. The highest BCUT2D eigenvalue weighted by Crippen LogP contribution is 2.27. The molecule has 0 spiro atoms. The van der Waals surface area contributed by atoms with E-state index >= 15 is 0 Å². The zero-order valence-electron chi connectivity index (χ0n) is 16.6. The van der Waals surface area contributed by atoms with Crippen molar-refractivity contribution < 1.29 is 18.0 Å². The Labute approximate surface area is 174 Å². The second-order valence-corrected chi connectivity index (χ2v) is 7.86. The molecule has 1 aromatic heterocycles. The Hall–Kier alpha value is -3.61. The lowest BCUT2D eigenvalue weighted by molar-refractivity contribution is 0.0735. The predicted molar refractivity (Wildman–Crippen MR) is 112 cm³/mol. The normalized spacial score (nSPS) is 13.6. The summed E-state index contributed by atoms with van der Waals surface area (Å²) in [5.41, 5.74) is 2.52. The first-order valence-corrected chi connectivity index (χ1v) is 9.84. The van der Waals surface area contributed by atoms with Gasteiger partial charge < -0.3 is 9.88 Å². The molecule has 1 N–H and O–H groups in total. The fourth-order valence-corrected chi connectivity index (χ4v) is 4.34. The van der Waals surface area contributed by atoms with E-state index in [1.54, 1.807) is 11.8 Å². The van der Waals surface area contributed by atoms with Crippen LogP contribution in [0.5, 0.6) is 0 Å². The average Bonchev–Trinajstić information content (AvgIpc) is 2.74. The van der Waals surface area contributed by atoms with E-state index in [1.807, 2.05) is 0 Å². The Morgan fingerprint density at radius 2 is 1.71 bits per heavy atom. The second-order valence-electron chi connectivity index (χ2n) is 7.86. The molecule has 1 aliphatic rings. The van der Waals surface area contributed by atoms with E-state index in [-0.39, 0.29) is 34.2 Å². The monoisotopic (exact) mass is 422 g/mol. The van der Waals surface area contributed by atoms with E-state index in [4.69, 9.17) is 0 Å². The van der Waals surface area contributed by atoms with Crippen LogP contribution in [-0.2, 0) is 13.0 Å². The molecule has 4 aromatic rings. The zero-order chi connectivity index (χ0) is 21.9. The number of aromatic amines is 1. The molecular formula is C24H17F3N2O2. The van der Waals surface area contributed by atoms with Crippen molar-refractivity contribution in [1.29, 1.82) is 0 Å². The number of carbonyl (C=O) groups is 1. The molecule has 0 bridgehead atoms. The number of H-pyrrole nitrogens is 1. The fraction of sp³-hybridized carbons (Fsp3) is 0.167. The topological polar surface area (TPSA) is 53.2 Å². The molecule has 0 saturated carbocycles. The van der Waals surface area contributed by atoms with Gasteiger partial charge in [-0.05, 0) is 72.5 Å². The largest absolute Gasteiger partial charge is 0.354 e. The molecule has 5 rings (SSSR count). The van der Waals surface area contributed by atoms with Gasteiger partial charge in [0.2, 0.25) is 0 Å². The summed E-state index contributed by atoms with van der Waals surface area (Å²) in [6.45, 7) is 2.40. The Morgan fingerprint density at radius 1 is 0.968 bits per heavy atom. The van der Waals surface area contributed by atoms with Crippen molar-refractivity contribution in [2.45, 2.75) is 19.9 Å². The maximum Gasteiger partial charge on any atom is 0.256 e. The van der Waals surface area contributed by atoms with Crippen LogP contribution in [0.2, 0.25) is 0 Å². The third-order valence-corrected chi connectivity index (χ3v) is 5.88. The van der Waals surface area contributed by atoms with Gasteiger partial charge in [-0.2, -0.15) is 0 Å². The number of aromatic nitrogens is 1. The van der Waals surface area contributed by atoms with E-state index in [0.717, 1.165) is 34.9 Å². The first kappa shape index (κ1) is 19.4. The minimum atomic E-state index is -0.729. The zero-order valence-corrected chi connectivity index (χ0v) is 16.6. The van der Waals surface area contributed by atoms with E-state index in [1.165, 1.54) is 24.3 Å². The van der Waals surface area contributed by atoms with Crippen LogP contribution >= 0.6 is 0 Å². The van der Waals surface area contributed by atoms with Crippen LogP contribution < -0.4 is 5.43 Å². The van der Waals surface area contributed by atoms with Crippen molar-refractivity contribution in [1.82, 2.24) is 9.88 Å². The number of pyridine rings is 1. The molecule has 0 fully saturated rings. The number of benzene rings is 3. The lowest BCUT2D eigenvalue weighted by Crippen LogP contribution is -2.36. The summed E-state index contributed by atoms with van der Waals surface area (Å²) >= 11 is 0. The number of aryl methyl sites for hydroxylation is 1. The van der Waals surface area contributed by atoms with Crippen molar-refractivity contribution in [2.75, 3.05) is 6.54 Å². The number of amides is 1. The molecular weight excluding hydrogens is 405 g/mol. The highest BCUT2D eigenvalue weighted by atomic mass is 19.1. The van der Waals surface area contributed by atoms with E-state index in [2.05, 4.69) is 4.98 Å². The van der Waals surface area contributed by atoms with Crippen molar-refractivity contribution >= 4 is 27.7 Å². The number of nitrogens with one attached hydrogen (secondary N) is 1. The van der Waals surface area contributed by atoms with Crippen LogP contribution in [0, 0.1) is 24.4 Å². The Balaban J connectivity index is 1.64. The summed E-state index contributed by atoms with van der Waals surface area (Å²) in [5.74, 6) is -2.05. The van der Waals surface area contributed by atoms with Crippen LogP contribution in [0.1, 0.15) is 27.0 Å². The average molecular weight is 422 g/mol. The Bertz CT molecular complexity index is 1460. The first-order chi connectivity index (χ1) is 14.8. The van der Waals surface area contributed by atoms with Crippen LogP contribution in [0.4, 0.5) is 13.2 Å². The lowest BCUT2D eigenvalue weighted by Gasteiger charge is -2.30. The molecule has 1 amide bonds. The number of hydrogen-bond acceptors (Lipinski definition) is 2. The van der Waals surface area contributed by atoms with Gasteiger partial charge in [0.05, 0.1) is 11.1 Å². The summed E-state index contributed by atoms with van der Waals surface area (Å²) in [6, 6.07) is 8.76. The highest BCUT2D eigenvalue weighted by Gasteiger charge is 2.26. The summed E-state index contributed by atoms with van der Waals surface area (Å²) in [6.07, 6.45) is 0.478. The summed E-state index contributed by atoms with van der Waals surface area (Å²) in [5, 5.41) is 0.0677. The quantitative estimate of drug-likeness (QED) is 0.456. The maximum absolute atomic E-state index is 14.4. The fourth-order valence-electron chi connectivity index (χ4n) is 4.34. The predicted octanol–water partition coefficient (Wildman–Crippen LogP) is 4.61. The molecule has 7 heteroatoms. The molecule has 0 radical (unpaired) electrons. The van der Waals surface area contributed by atoms with Crippen molar-refractivity contribution in [3.63, 3.8) is 0 Å². The van der Waals surface area contributed by atoms with Crippen molar-refractivity contribution in [3.8, 4) is 0 Å². The molecule has 0 saturated heterocycles. The summed E-state index contributed by atoms with van der Waals surface area (Å²) in [7, 11) is 0. The standard InChI is InChI=1S/C24H17F3N2O2/c1-12-6-15(26)7-13-4-5-29(11-20(12)13)24(31)19-10-16(27)9-18-22(19)28-21-3-2-14(25)8-17(21)23(18)30/h2-3,6-10H,4-5,11H2,1H3,(H,28,30). The molecule has 4 nitrogen and oxygen atoms in total. The number of rotatable bonds is 1. The van der Waals surface area contributed by atoms with Gasteiger partial charge in [0, 0.05) is 29.4 Å². The molecule has 0 unspecified atom stereocenters. The smallest absolute Gasteiger partial charge is 0.256 e. The minimum absolute atomic E-state index is 0.0166. The SMILES string of the molecule is Cc1cc(F)cc2c1CN(C(=O)c1cc(F)cc3c(=O)c4cc(F)ccc4[nH]c13)CC2. The van der Waals surface area contributed by atoms with Gasteiger partial charge in [-0.3, -0.25) is 9.59 Å². The van der Waals surface area contributed by atoms with E-state index < -0.39 is 23.0 Å². The molecule has 0 atom stereocenters. The second kappa shape index (κ2) is 6.97. The van der Waals surface area contributed by atoms with Crippen molar-refractivity contribution in [2.24, 2.45) is 0 Å².